The van der Waals surface area contributed by atoms with Crippen molar-refractivity contribution >= 4 is 28.8 Å². The molecule has 0 amide bonds. The van der Waals surface area contributed by atoms with Crippen LogP contribution in [0.5, 0.6) is 0 Å². The zero-order valence-corrected chi connectivity index (χ0v) is 16.1. The second kappa shape index (κ2) is 6.08. The first-order valence-electron chi connectivity index (χ1n) is 9.79. The Morgan fingerprint density at radius 1 is 1.08 bits per heavy atom. The summed E-state index contributed by atoms with van der Waals surface area (Å²) < 4.78 is 2.26. The van der Waals surface area contributed by atoms with Crippen LogP contribution in [0.1, 0.15) is 44.1 Å². The van der Waals surface area contributed by atoms with Crippen LogP contribution >= 0.6 is 12.2 Å². The molecule has 1 aromatic heterocycles. The third kappa shape index (κ3) is 2.92. The first-order valence-corrected chi connectivity index (χ1v) is 10.2. The van der Waals surface area contributed by atoms with Crippen molar-refractivity contribution < 1.29 is 0 Å². The molecular formula is C21H26N4S. The molecule has 1 aromatic carbocycles. The average molecular weight is 367 g/mol. The summed E-state index contributed by atoms with van der Waals surface area (Å²) in [4.78, 5) is 0. The largest absolute Gasteiger partial charge is 0.332 e. The van der Waals surface area contributed by atoms with Crippen LogP contribution in [-0.2, 0) is 5.54 Å². The summed E-state index contributed by atoms with van der Waals surface area (Å²) in [6.07, 6.45) is 10.5. The number of rotatable bonds is 3. The molecular weight excluding hydrogens is 340 g/mol. The van der Waals surface area contributed by atoms with E-state index < -0.39 is 0 Å². The minimum atomic E-state index is 0.264. The van der Waals surface area contributed by atoms with Crippen LogP contribution in [0.25, 0.3) is 0 Å². The molecule has 4 aliphatic carbocycles. The second-order valence-electron chi connectivity index (χ2n) is 8.74. The first-order chi connectivity index (χ1) is 12.6. The van der Waals surface area contributed by atoms with Crippen molar-refractivity contribution in [3.05, 3.63) is 42.1 Å². The van der Waals surface area contributed by atoms with E-state index in [0.717, 1.165) is 29.3 Å². The third-order valence-electron chi connectivity index (χ3n) is 6.60. The quantitative estimate of drug-likeness (QED) is 0.756. The molecule has 2 N–H and O–H groups in total. The lowest BCUT2D eigenvalue weighted by Crippen LogP contribution is -2.52. The van der Waals surface area contributed by atoms with E-state index in [1.807, 2.05) is 12.1 Å². The maximum atomic E-state index is 5.47. The molecule has 2 aromatic rings. The van der Waals surface area contributed by atoms with Gasteiger partial charge in [0, 0.05) is 18.0 Å². The monoisotopic (exact) mass is 366 g/mol. The van der Waals surface area contributed by atoms with Gasteiger partial charge >= 0.3 is 0 Å². The third-order valence-corrected chi connectivity index (χ3v) is 6.80. The second-order valence-corrected chi connectivity index (χ2v) is 9.14. The van der Waals surface area contributed by atoms with Crippen molar-refractivity contribution in [1.82, 2.24) is 9.78 Å². The Hall–Kier alpha value is -1.88. The van der Waals surface area contributed by atoms with Gasteiger partial charge in [0.1, 0.15) is 0 Å². The predicted molar refractivity (Wildman–Crippen MR) is 109 cm³/mol. The number of anilines is 2. The van der Waals surface area contributed by atoms with Gasteiger partial charge in [0.15, 0.2) is 10.9 Å². The summed E-state index contributed by atoms with van der Waals surface area (Å²) in [7, 11) is 0. The van der Waals surface area contributed by atoms with Gasteiger partial charge in [-0.3, -0.25) is 4.68 Å². The molecule has 4 fully saturated rings. The standard InChI is InChI=1S/C21H26N4S/c1-14-3-2-4-18(7-14)22-20(26)23-19-5-6-25(24-19)21-11-15-8-16(12-21)10-17(9-15)13-21/h2-7,15-17H,8-13H2,1H3,(H2,22,23,24,26). The van der Waals surface area contributed by atoms with Gasteiger partial charge in [-0.2, -0.15) is 5.10 Å². The van der Waals surface area contributed by atoms with Gasteiger partial charge in [0.2, 0.25) is 0 Å². The van der Waals surface area contributed by atoms with Gasteiger partial charge in [0.05, 0.1) is 5.54 Å². The zero-order chi connectivity index (χ0) is 17.7. The first kappa shape index (κ1) is 16.3. The maximum absolute atomic E-state index is 5.47. The molecule has 6 rings (SSSR count). The lowest BCUT2D eigenvalue weighted by atomic mass is 9.53. The Morgan fingerprint density at radius 3 is 2.42 bits per heavy atom. The lowest BCUT2D eigenvalue weighted by Gasteiger charge is -2.56. The van der Waals surface area contributed by atoms with Gasteiger partial charge in [-0.15, -0.1) is 0 Å². The van der Waals surface area contributed by atoms with E-state index in [2.05, 4.69) is 46.6 Å². The molecule has 26 heavy (non-hydrogen) atoms. The Kier molecular flexibility index (Phi) is 3.82. The fourth-order valence-electron chi connectivity index (χ4n) is 6.00. The normalized spacial score (nSPS) is 31.8. The molecule has 1 heterocycles. The Bertz CT molecular complexity index is 805. The zero-order valence-electron chi connectivity index (χ0n) is 15.2. The van der Waals surface area contributed by atoms with Crippen molar-refractivity contribution in [3.63, 3.8) is 0 Å². The van der Waals surface area contributed by atoms with Crippen LogP contribution in [0.2, 0.25) is 0 Å². The van der Waals surface area contributed by atoms with E-state index in [1.54, 1.807) is 0 Å². The van der Waals surface area contributed by atoms with Gasteiger partial charge in [-0.25, -0.2) is 0 Å². The molecule has 136 valence electrons. The molecule has 0 aliphatic heterocycles. The molecule has 0 unspecified atom stereocenters. The van der Waals surface area contributed by atoms with Gasteiger partial charge < -0.3 is 10.6 Å². The smallest absolute Gasteiger partial charge is 0.176 e. The highest BCUT2D eigenvalue weighted by Crippen LogP contribution is 2.58. The summed E-state index contributed by atoms with van der Waals surface area (Å²) in [5.74, 6) is 3.61. The van der Waals surface area contributed by atoms with Crippen LogP contribution < -0.4 is 10.6 Å². The van der Waals surface area contributed by atoms with E-state index in [-0.39, 0.29) is 5.54 Å². The van der Waals surface area contributed by atoms with Crippen LogP contribution in [0.15, 0.2) is 36.5 Å². The molecule has 4 bridgehead atoms. The molecule has 4 aliphatic rings. The van der Waals surface area contributed by atoms with Crippen LogP contribution in [0.3, 0.4) is 0 Å². The summed E-state index contributed by atoms with van der Waals surface area (Å²) in [5, 5.41) is 12.0. The number of aromatic nitrogens is 2. The van der Waals surface area contributed by atoms with E-state index in [0.29, 0.717) is 5.11 Å². The number of aryl methyl sites for hydroxylation is 1. The van der Waals surface area contributed by atoms with Gasteiger partial charge in [-0.05, 0) is 93.1 Å². The molecule has 0 saturated heterocycles. The van der Waals surface area contributed by atoms with E-state index in [9.17, 15) is 0 Å². The topological polar surface area (TPSA) is 41.9 Å². The number of nitrogens with zero attached hydrogens (tertiary/aromatic N) is 2. The molecule has 4 saturated carbocycles. The Labute approximate surface area is 160 Å². The van der Waals surface area contributed by atoms with Gasteiger partial charge in [-0.1, -0.05) is 12.1 Å². The van der Waals surface area contributed by atoms with Crippen molar-refractivity contribution in [2.75, 3.05) is 10.6 Å². The van der Waals surface area contributed by atoms with Crippen LogP contribution in [-0.4, -0.2) is 14.9 Å². The summed E-state index contributed by atoms with van der Waals surface area (Å²) >= 11 is 5.47. The molecule has 5 heteroatoms. The molecule has 4 nitrogen and oxygen atoms in total. The number of nitrogens with one attached hydrogen (secondary N) is 2. The fraction of sp³-hybridized carbons (Fsp3) is 0.524. The highest BCUT2D eigenvalue weighted by atomic mass is 32.1. The van der Waals surface area contributed by atoms with Crippen molar-refractivity contribution in [2.45, 2.75) is 51.0 Å². The van der Waals surface area contributed by atoms with Crippen LogP contribution in [0, 0.1) is 24.7 Å². The Morgan fingerprint density at radius 2 is 1.77 bits per heavy atom. The van der Waals surface area contributed by atoms with Crippen molar-refractivity contribution in [2.24, 2.45) is 17.8 Å². The molecule has 0 atom stereocenters. The lowest BCUT2D eigenvalue weighted by molar-refractivity contribution is -0.0492. The van der Waals surface area contributed by atoms with Crippen molar-refractivity contribution in [3.8, 4) is 0 Å². The minimum absolute atomic E-state index is 0.264. The highest BCUT2D eigenvalue weighted by molar-refractivity contribution is 7.80. The Balaban J connectivity index is 1.29. The van der Waals surface area contributed by atoms with E-state index in [4.69, 9.17) is 17.3 Å². The average Bonchev–Trinajstić information content (AvgIpc) is 3.02. The van der Waals surface area contributed by atoms with E-state index in [1.165, 1.54) is 44.1 Å². The fourth-order valence-corrected chi connectivity index (χ4v) is 6.22. The summed E-state index contributed by atoms with van der Waals surface area (Å²) in [5.41, 5.74) is 2.48. The SMILES string of the molecule is Cc1cccc(NC(=S)Nc2ccn(C34CC5CC(CC(C5)C3)C4)n2)c1. The molecule has 0 spiro atoms. The maximum Gasteiger partial charge on any atom is 0.176 e. The summed E-state index contributed by atoms with van der Waals surface area (Å²) in [6.45, 7) is 2.08. The number of thiocarbonyl (C=S) groups is 1. The molecule has 0 radical (unpaired) electrons. The van der Waals surface area contributed by atoms with Gasteiger partial charge in [0.25, 0.3) is 0 Å². The number of hydrogen-bond acceptors (Lipinski definition) is 2. The number of benzene rings is 1. The minimum Gasteiger partial charge on any atom is -0.332 e. The number of hydrogen-bond donors (Lipinski definition) is 2. The van der Waals surface area contributed by atoms with Crippen LogP contribution in [0.4, 0.5) is 11.5 Å². The summed E-state index contributed by atoms with van der Waals surface area (Å²) in [6, 6.07) is 10.3. The van der Waals surface area contributed by atoms with E-state index >= 15 is 0 Å². The highest BCUT2D eigenvalue weighted by Gasteiger charge is 2.52. The predicted octanol–water partition coefficient (Wildman–Crippen LogP) is 4.93. The van der Waals surface area contributed by atoms with Crippen molar-refractivity contribution in [1.29, 1.82) is 0 Å².